The van der Waals surface area contributed by atoms with Crippen molar-refractivity contribution in [2.24, 2.45) is 0 Å². The monoisotopic (exact) mass is 395 g/mol. The van der Waals surface area contributed by atoms with Gasteiger partial charge in [-0.15, -0.1) is 11.3 Å². The van der Waals surface area contributed by atoms with E-state index in [1.807, 2.05) is 0 Å². The molecule has 1 aromatic carbocycles. The maximum absolute atomic E-state index is 13.1. The Morgan fingerprint density at radius 1 is 1.25 bits per heavy atom. The molecule has 0 aliphatic heterocycles. The minimum absolute atomic E-state index is 0.0720. The fourth-order valence-corrected chi connectivity index (χ4v) is 4.84. The zero-order valence-corrected chi connectivity index (χ0v) is 16.6. The van der Waals surface area contributed by atoms with E-state index in [1.54, 1.807) is 42.5 Å². The molecular formula is C21H21N3O3S. The lowest BCUT2D eigenvalue weighted by Gasteiger charge is -2.16. The quantitative estimate of drug-likeness (QED) is 0.683. The number of fused-ring (bicyclic) bond motifs is 3. The largest absolute Gasteiger partial charge is 0.324 e. The van der Waals surface area contributed by atoms with Crippen molar-refractivity contribution in [2.75, 3.05) is 5.32 Å². The van der Waals surface area contributed by atoms with Crippen molar-refractivity contribution in [3.63, 3.8) is 0 Å². The number of aromatic nitrogens is 2. The second-order valence-electron chi connectivity index (χ2n) is 7.15. The Kier molecular flexibility index (Phi) is 4.85. The van der Waals surface area contributed by atoms with Crippen molar-refractivity contribution >= 4 is 38.9 Å². The third kappa shape index (κ3) is 3.26. The van der Waals surface area contributed by atoms with Gasteiger partial charge >= 0.3 is 0 Å². The number of carbonyl (C=O) groups excluding carboxylic acids is 2. The first-order chi connectivity index (χ1) is 13.5. The minimum Gasteiger partial charge on any atom is -0.324 e. The summed E-state index contributed by atoms with van der Waals surface area (Å²) < 4.78 is 1.40. The third-order valence-corrected chi connectivity index (χ3v) is 6.43. The van der Waals surface area contributed by atoms with Crippen LogP contribution in [0.3, 0.4) is 0 Å². The predicted molar refractivity (Wildman–Crippen MR) is 110 cm³/mol. The number of anilines is 1. The summed E-state index contributed by atoms with van der Waals surface area (Å²) in [6, 6.07) is 6.05. The maximum atomic E-state index is 13.1. The first-order valence-electron chi connectivity index (χ1n) is 9.39. The van der Waals surface area contributed by atoms with E-state index in [2.05, 4.69) is 10.3 Å². The van der Waals surface area contributed by atoms with Crippen LogP contribution in [0.25, 0.3) is 10.2 Å². The standard InChI is InChI=1S/C21H21N3O3S/c1-12(19(26)23-15-7-5-6-14(10-15)13(2)25)24-11-22-20-18(21(24)27)16-8-3-4-9-17(16)28-20/h5-7,10-12H,3-4,8-9H2,1-2H3,(H,23,26). The average Bonchev–Trinajstić information content (AvgIpc) is 3.07. The van der Waals surface area contributed by atoms with Gasteiger partial charge in [-0.25, -0.2) is 4.98 Å². The molecule has 1 aliphatic carbocycles. The molecule has 1 atom stereocenters. The summed E-state index contributed by atoms with van der Waals surface area (Å²) in [6.07, 6.45) is 5.58. The van der Waals surface area contributed by atoms with Crippen molar-refractivity contribution in [3.05, 3.63) is 57.0 Å². The summed E-state index contributed by atoms with van der Waals surface area (Å²) in [6.45, 7) is 3.16. The zero-order valence-electron chi connectivity index (χ0n) is 15.8. The third-order valence-electron chi connectivity index (χ3n) is 5.23. The van der Waals surface area contributed by atoms with Crippen LogP contribution in [0.5, 0.6) is 0 Å². The van der Waals surface area contributed by atoms with Crippen LogP contribution in [-0.2, 0) is 17.6 Å². The Bertz CT molecular complexity index is 1150. The van der Waals surface area contributed by atoms with Crippen LogP contribution in [-0.4, -0.2) is 21.2 Å². The molecule has 0 bridgehead atoms. The number of benzene rings is 1. The molecule has 28 heavy (non-hydrogen) atoms. The molecule has 0 radical (unpaired) electrons. The Morgan fingerprint density at radius 2 is 2.04 bits per heavy atom. The molecule has 1 aliphatic rings. The highest BCUT2D eigenvalue weighted by molar-refractivity contribution is 7.18. The summed E-state index contributed by atoms with van der Waals surface area (Å²) in [5.41, 5.74) is 2.00. The van der Waals surface area contributed by atoms with Gasteiger partial charge in [0.2, 0.25) is 5.91 Å². The second-order valence-corrected chi connectivity index (χ2v) is 8.23. The SMILES string of the molecule is CC(=O)c1cccc(NC(=O)C(C)n2cnc3sc4c(c3c2=O)CCCC4)c1. The van der Waals surface area contributed by atoms with E-state index in [4.69, 9.17) is 0 Å². The van der Waals surface area contributed by atoms with Crippen LogP contribution >= 0.6 is 11.3 Å². The van der Waals surface area contributed by atoms with Crippen LogP contribution in [0.15, 0.2) is 35.4 Å². The molecule has 0 saturated heterocycles. The van der Waals surface area contributed by atoms with Crippen LogP contribution in [0, 0.1) is 0 Å². The van der Waals surface area contributed by atoms with Gasteiger partial charge in [0.15, 0.2) is 5.78 Å². The molecule has 3 aromatic rings. The zero-order chi connectivity index (χ0) is 19.8. The molecule has 1 amide bonds. The van der Waals surface area contributed by atoms with E-state index in [0.29, 0.717) is 16.6 Å². The molecule has 4 rings (SSSR count). The molecular weight excluding hydrogens is 374 g/mol. The molecule has 144 valence electrons. The number of nitrogens with zero attached hydrogens (tertiary/aromatic N) is 2. The molecule has 1 unspecified atom stereocenters. The number of carbonyl (C=O) groups is 2. The van der Waals surface area contributed by atoms with Crippen LogP contribution < -0.4 is 10.9 Å². The van der Waals surface area contributed by atoms with Crippen LogP contribution in [0.2, 0.25) is 0 Å². The number of thiophene rings is 1. The normalized spacial score (nSPS) is 14.5. The summed E-state index contributed by atoms with van der Waals surface area (Å²) in [4.78, 5) is 43.8. The Labute approximate surface area is 166 Å². The summed E-state index contributed by atoms with van der Waals surface area (Å²) in [7, 11) is 0. The van der Waals surface area contributed by atoms with Gasteiger partial charge in [-0.05, 0) is 57.2 Å². The van der Waals surface area contributed by atoms with Crippen molar-refractivity contribution in [2.45, 2.75) is 45.6 Å². The van der Waals surface area contributed by atoms with Gasteiger partial charge in [0.05, 0.1) is 11.7 Å². The molecule has 2 aromatic heterocycles. The number of amides is 1. The number of hydrogen-bond donors (Lipinski definition) is 1. The highest BCUT2D eigenvalue weighted by Gasteiger charge is 2.23. The Hall–Kier alpha value is -2.80. The van der Waals surface area contributed by atoms with Gasteiger partial charge in [0.1, 0.15) is 10.9 Å². The minimum atomic E-state index is -0.718. The van der Waals surface area contributed by atoms with Gasteiger partial charge in [-0.3, -0.25) is 19.0 Å². The van der Waals surface area contributed by atoms with Crippen molar-refractivity contribution < 1.29 is 9.59 Å². The fraction of sp³-hybridized carbons (Fsp3) is 0.333. The molecule has 0 fully saturated rings. The number of ketones is 1. The summed E-state index contributed by atoms with van der Waals surface area (Å²) >= 11 is 1.59. The van der Waals surface area contributed by atoms with E-state index in [0.717, 1.165) is 36.1 Å². The topological polar surface area (TPSA) is 81.1 Å². The molecule has 0 saturated carbocycles. The molecule has 7 heteroatoms. The predicted octanol–water partition coefficient (Wildman–Crippen LogP) is 3.74. The Morgan fingerprint density at radius 3 is 2.82 bits per heavy atom. The van der Waals surface area contributed by atoms with Crippen molar-refractivity contribution in [1.29, 1.82) is 0 Å². The van der Waals surface area contributed by atoms with E-state index in [9.17, 15) is 14.4 Å². The van der Waals surface area contributed by atoms with E-state index >= 15 is 0 Å². The lowest BCUT2D eigenvalue weighted by molar-refractivity contribution is -0.118. The van der Waals surface area contributed by atoms with E-state index < -0.39 is 6.04 Å². The van der Waals surface area contributed by atoms with Gasteiger partial charge in [0.25, 0.3) is 5.56 Å². The van der Waals surface area contributed by atoms with Crippen molar-refractivity contribution in [1.82, 2.24) is 9.55 Å². The highest BCUT2D eigenvalue weighted by Crippen LogP contribution is 2.33. The maximum Gasteiger partial charge on any atom is 0.263 e. The number of hydrogen-bond acceptors (Lipinski definition) is 5. The van der Waals surface area contributed by atoms with Gasteiger partial charge in [-0.2, -0.15) is 0 Å². The van der Waals surface area contributed by atoms with Crippen molar-refractivity contribution in [3.8, 4) is 0 Å². The van der Waals surface area contributed by atoms with Crippen LogP contribution in [0.1, 0.15) is 53.5 Å². The highest BCUT2D eigenvalue weighted by atomic mass is 32.1. The lowest BCUT2D eigenvalue weighted by Crippen LogP contribution is -2.32. The fourth-order valence-electron chi connectivity index (χ4n) is 3.62. The summed E-state index contributed by atoms with van der Waals surface area (Å²) in [5, 5.41) is 3.46. The average molecular weight is 395 g/mol. The van der Waals surface area contributed by atoms with E-state index in [-0.39, 0.29) is 17.2 Å². The Balaban J connectivity index is 1.65. The molecule has 2 heterocycles. The number of nitrogens with one attached hydrogen (secondary N) is 1. The van der Waals surface area contributed by atoms with Gasteiger partial charge < -0.3 is 5.32 Å². The van der Waals surface area contributed by atoms with Crippen LogP contribution in [0.4, 0.5) is 5.69 Å². The lowest BCUT2D eigenvalue weighted by atomic mass is 9.97. The smallest absolute Gasteiger partial charge is 0.263 e. The first-order valence-corrected chi connectivity index (χ1v) is 10.2. The molecule has 0 spiro atoms. The van der Waals surface area contributed by atoms with E-state index in [1.165, 1.54) is 22.7 Å². The molecule has 6 nitrogen and oxygen atoms in total. The number of aryl methyl sites for hydroxylation is 2. The van der Waals surface area contributed by atoms with Gasteiger partial charge in [-0.1, -0.05) is 12.1 Å². The van der Waals surface area contributed by atoms with Gasteiger partial charge in [0, 0.05) is 16.1 Å². The first kappa shape index (κ1) is 18.6. The number of Topliss-reactive ketones (excluding diaryl/α,β-unsaturated/α-hetero) is 1. The number of rotatable bonds is 4. The second kappa shape index (κ2) is 7.31. The summed E-state index contributed by atoms with van der Waals surface area (Å²) in [5.74, 6) is -0.398. The molecule has 1 N–H and O–H groups in total.